The first kappa shape index (κ1) is 16.9. The maximum atomic E-state index is 12.7. The van der Waals surface area contributed by atoms with Gasteiger partial charge in [-0.2, -0.15) is 4.57 Å². The lowest BCUT2D eigenvalue weighted by Crippen LogP contribution is -2.37. The maximum absolute atomic E-state index is 12.7. The number of ether oxygens (including phenoxy) is 1. The van der Waals surface area contributed by atoms with E-state index >= 15 is 0 Å². The third-order valence-electron chi connectivity index (χ3n) is 4.98. The zero-order valence-electron chi connectivity index (χ0n) is 14.9. The Hall–Kier alpha value is -1.94. The van der Waals surface area contributed by atoms with Crippen molar-refractivity contribution in [1.29, 1.82) is 0 Å². The first-order chi connectivity index (χ1) is 11.6. The second-order valence-corrected chi connectivity index (χ2v) is 6.69. The number of ketones is 1. The normalized spacial score (nSPS) is 17.4. The van der Waals surface area contributed by atoms with Crippen LogP contribution in [0.25, 0.3) is 0 Å². The van der Waals surface area contributed by atoms with Gasteiger partial charge in [-0.3, -0.25) is 4.79 Å². The van der Waals surface area contributed by atoms with E-state index in [1.54, 1.807) is 0 Å². The van der Waals surface area contributed by atoms with Crippen molar-refractivity contribution in [3.05, 3.63) is 53.1 Å². The Morgan fingerprint density at radius 2 is 2.08 bits per heavy atom. The zero-order chi connectivity index (χ0) is 17.1. The smallest absolute Gasteiger partial charge is 0.229 e. The van der Waals surface area contributed by atoms with Gasteiger partial charge in [0.1, 0.15) is 0 Å². The predicted molar refractivity (Wildman–Crippen MR) is 93.2 cm³/mol. The Labute approximate surface area is 144 Å². The van der Waals surface area contributed by atoms with Gasteiger partial charge in [0.15, 0.2) is 12.4 Å². The number of pyridine rings is 1. The average molecular weight is 327 g/mol. The molecule has 0 saturated carbocycles. The number of aromatic nitrogens is 2. The summed E-state index contributed by atoms with van der Waals surface area (Å²) in [4.78, 5) is 12.7. The number of carbonyl (C=O) groups excluding carboxylic acids is 1. The minimum Gasteiger partial charge on any atom is -0.376 e. The van der Waals surface area contributed by atoms with E-state index in [0.29, 0.717) is 6.54 Å². The molecule has 1 aliphatic heterocycles. The van der Waals surface area contributed by atoms with Crippen LogP contribution in [0.4, 0.5) is 0 Å². The van der Waals surface area contributed by atoms with Crippen molar-refractivity contribution >= 4 is 5.78 Å². The lowest BCUT2D eigenvalue weighted by molar-refractivity contribution is -0.683. The molecule has 0 bridgehead atoms. The summed E-state index contributed by atoms with van der Waals surface area (Å²) in [5, 5.41) is 0. The molecule has 0 spiro atoms. The second-order valence-electron chi connectivity index (χ2n) is 6.69. The van der Waals surface area contributed by atoms with Gasteiger partial charge < -0.3 is 9.30 Å². The second kappa shape index (κ2) is 7.31. The Balaban J connectivity index is 1.74. The molecule has 0 radical (unpaired) electrons. The van der Waals surface area contributed by atoms with Gasteiger partial charge in [-0.15, -0.1) is 0 Å². The third-order valence-corrected chi connectivity index (χ3v) is 4.98. The molecule has 1 atom stereocenters. The predicted octanol–water partition coefficient (Wildman–Crippen LogP) is 3.02. The van der Waals surface area contributed by atoms with Crippen LogP contribution >= 0.6 is 0 Å². The zero-order valence-corrected chi connectivity index (χ0v) is 14.9. The standard InChI is InChI=1S/C20H27N2O2/c1-4-17-7-9-21(10-8-17)14-20(23)19-12-15(2)22(16(19)3)13-18-6-5-11-24-18/h7-10,12,18H,4-6,11,13-14H2,1-3H3/q+1/t18-/m0/s1. The van der Waals surface area contributed by atoms with Crippen LogP contribution in [-0.2, 0) is 24.2 Å². The van der Waals surface area contributed by atoms with Gasteiger partial charge in [0, 0.05) is 42.2 Å². The summed E-state index contributed by atoms with van der Waals surface area (Å²) in [5.74, 6) is 0.163. The van der Waals surface area contributed by atoms with Gasteiger partial charge in [-0.05, 0) is 44.7 Å². The van der Waals surface area contributed by atoms with E-state index in [2.05, 4.69) is 30.5 Å². The first-order valence-corrected chi connectivity index (χ1v) is 8.88. The summed E-state index contributed by atoms with van der Waals surface area (Å²) in [6, 6.07) is 6.18. The van der Waals surface area contributed by atoms with E-state index in [-0.39, 0.29) is 11.9 Å². The highest BCUT2D eigenvalue weighted by Crippen LogP contribution is 2.20. The molecule has 4 nitrogen and oxygen atoms in total. The van der Waals surface area contributed by atoms with Crippen molar-refractivity contribution in [3.8, 4) is 0 Å². The van der Waals surface area contributed by atoms with Crippen LogP contribution in [0.2, 0.25) is 0 Å². The molecule has 24 heavy (non-hydrogen) atoms. The Morgan fingerprint density at radius 1 is 1.33 bits per heavy atom. The van der Waals surface area contributed by atoms with Gasteiger partial charge in [0.2, 0.25) is 12.3 Å². The molecule has 2 aromatic rings. The Morgan fingerprint density at radius 3 is 2.71 bits per heavy atom. The van der Waals surface area contributed by atoms with Crippen molar-refractivity contribution in [3.63, 3.8) is 0 Å². The first-order valence-electron chi connectivity index (χ1n) is 8.88. The third kappa shape index (κ3) is 3.59. The summed E-state index contributed by atoms with van der Waals surface area (Å²) in [7, 11) is 0. The molecule has 4 heteroatoms. The summed E-state index contributed by atoms with van der Waals surface area (Å²) in [5.41, 5.74) is 4.31. The Bertz CT molecular complexity index is 710. The van der Waals surface area contributed by atoms with Gasteiger partial charge in [0.25, 0.3) is 0 Å². The molecule has 3 heterocycles. The van der Waals surface area contributed by atoms with E-state index in [1.807, 2.05) is 30.0 Å². The van der Waals surface area contributed by atoms with Crippen LogP contribution in [0, 0.1) is 13.8 Å². The van der Waals surface area contributed by atoms with Gasteiger partial charge in [-0.25, -0.2) is 0 Å². The fourth-order valence-corrected chi connectivity index (χ4v) is 3.44. The number of hydrogen-bond donors (Lipinski definition) is 0. The van der Waals surface area contributed by atoms with Crippen molar-refractivity contribution in [2.75, 3.05) is 6.61 Å². The van der Waals surface area contributed by atoms with Crippen molar-refractivity contribution in [2.45, 2.75) is 59.2 Å². The van der Waals surface area contributed by atoms with Crippen molar-refractivity contribution in [1.82, 2.24) is 4.57 Å². The molecule has 0 unspecified atom stereocenters. The van der Waals surface area contributed by atoms with Crippen LogP contribution in [0.5, 0.6) is 0 Å². The molecule has 0 aliphatic carbocycles. The molecule has 1 fully saturated rings. The maximum Gasteiger partial charge on any atom is 0.229 e. The van der Waals surface area contributed by atoms with E-state index < -0.39 is 0 Å². The largest absolute Gasteiger partial charge is 0.376 e. The number of carbonyl (C=O) groups is 1. The molecule has 0 N–H and O–H groups in total. The van der Waals surface area contributed by atoms with Crippen molar-refractivity contribution in [2.24, 2.45) is 0 Å². The van der Waals surface area contributed by atoms with Gasteiger partial charge >= 0.3 is 0 Å². The topological polar surface area (TPSA) is 35.1 Å². The highest BCUT2D eigenvalue weighted by atomic mass is 16.5. The number of Topliss-reactive ketones (excluding diaryl/α,β-unsaturated/α-hetero) is 1. The lowest BCUT2D eigenvalue weighted by atomic mass is 10.1. The molecule has 3 rings (SSSR count). The SMILES string of the molecule is CCc1cc[n+](CC(=O)c2cc(C)n(C[C@@H]3CCCO3)c2C)cc1. The van der Waals surface area contributed by atoms with E-state index in [4.69, 9.17) is 4.74 Å². The number of aryl methyl sites for hydroxylation is 2. The monoisotopic (exact) mass is 327 g/mol. The van der Waals surface area contributed by atoms with Crippen LogP contribution < -0.4 is 4.57 Å². The quantitative estimate of drug-likeness (QED) is 0.604. The van der Waals surface area contributed by atoms with Gasteiger partial charge in [-0.1, -0.05) is 6.92 Å². The van der Waals surface area contributed by atoms with Gasteiger partial charge in [0.05, 0.1) is 6.10 Å². The Kier molecular flexibility index (Phi) is 5.14. The van der Waals surface area contributed by atoms with E-state index in [1.165, 1.54) is 5.56 Å². The van der Waals surface area contributed by atoms with Crippen molar-refractivity contribution < 1.29 is 14.1 Å². The molecular formula is C20H27N2O2+. The highest BCUT2D eigenvalue weighted by molar-refractivity contribution is 5.96. The van der Waals surface area contributed by atoms with Crippen LogP contribution in [-0.4, -0.2) is 23.1 Å². The summed E-state index contributed by atoms with van der Waals surface area (Å²) < 4.78 is 9.93. The summed E-state index contributed by atoms with van der Waals surface area (Å²) in [6.07, 6.45) is 7.53. The molecule has 0 aromatic carbocycles. The minimum absolute atomic E-state index is 0.163. The van der Waals surface area contributed by atoms with E-state index in [0.717, 1.165) is 49.4 Å². The average Bonchev–Trinajstić information content (AvgIpc) is 3.19. The fraction of sp³-hybridized carbons (Fsp3) is 0.500. The summed E-state index contributed by atoms with van der Waals surface area (Å²) in [6.45, 7) is 8.34. The van der Waals surface area contributed by atoms with Crippen LogP contribution in [0.3, 0.4) is 0 Å². The van der Waals surface area contributed by atoms with E-state index in [9.17, 15) is 4.79 Å². The molecule has 1 aliphatic rings. The molecular weight excluding hydrogens is 300 g/mol. The van der Waals surface area contributed by atoms with Crippen LogP contribution in [0.1, 0.15) is 47.1 Å². The molecule has 0 amide bonds. The summed E-state index contributed by atoms with van der Waals surface area (Å²) >= 11 is 0. The highest BCUT2D eigenvalue weighted by Gasteiger charge is 2.22. The molecule has 1 saturated heterocycles. The fourth-order valence-electron chi connectivity index (χ4n) is 3.44. The number of hydrogen-bond acceptors (Lipinski definition) is 2. The molecule has 2 aromatic heterocycles. The van der Waals surface area contributed by atoms with Crippen LogP contribution in [0.15, 0.2) is 30.6 Å². The minimum atomic E-state index is 0.163. The molecule has 128 valence electrons. The number of nitrogens with zero attached hydrogens (tertiary/aromatic N) is 2. The number of rotatable bonds is 6. The lowest BCUT2D eigenvalue weighted by Gasteiger charge is -2.14.